The third-order valence-electron chi connectivity index (χ3n) is 3.84. The van der Waals surface area contributed by atoms with Crippen molar-refractivity contribution in [3.63, 3.8) is 0 Å². The number of amides is 1. The summed E-state index contributed by atoms with van der Waals surface area (Å²) in [5, 5.41) is 2.75. The predicted molar refractivity (Wildman–Crippen MR) is 82.6 cm³/mol. The zero-order chi connectivity index (χ0) is 16.5. The number of ether oxygens (including phenoxy) is 2. The summed E-state index contributed by atoms with van der Waals surface area (Å²) in [7, 11) is 0. The van der Waals surface area contributed by atoms with Crippen LogP contribution in [-0.4, -0.2) is 23.7 Å². The molecule has 0 aliphatic carbocycles. The monoisotopic (exact) mass is 305 g/mol. The average molecular weight is 305 g/mol. The van der Waals surface area contributed by atoms with Gasteiger partial charge in [0, 0.05) is 0 Å². The summed E-state index contributed by atoms with van der Waals surface area (Å²) in [6.07, 6.45) is 0.372. The predicted octanol–water partition coefficient (Wildman–Crippen LogP) is 2.89. The van der Waals surface area contributed by atoms with Crippen molar-refractivity contribution in [1.29, 1.82) is 0 Å². The van der Waals surface area contributed by atoms with Gasteiger partial charge in [0.2, 0.25) is 5.91 Å². The van der Waals surface area contributed by atoms with Crippen LogP contribution in [0.25, 0.3) is 0 Å². The molecule has 5 heteroatoms. The average Bonchev–Trinajstić information content (AvgIpc) is 2.45. The minimum atomic E-state index is -0.522. The van der Waals surface area contributed by atoms with E-state index in [0.29, 0.717) is 17.7 Å². The van der Waals surface area contributed by atoms with Gasteiger partial charge >= 0.3 is 5.97 Å². The molecule has 1 aliphatic rings. The summed E-state index contributed by atoms with van der Waals surface area (Å²) < 4.78 is 11.1. The van der Waals surface area contributed by atoms with Gasteiger partial charge in [0.05, 0.1) is 5.56 Å². The number of benzene rings is 1. The minimum Gasteiger partial charge on any atom is -0.470 e. The van der Waals surface area contributed by atoms with Gasteiger partial charge in [-0.2, -0.15) is 0 Å². The third-order valence-corrected chi connectivity index (χ3v) is 3.84. The van der Waals surface area contributed by atoms with Gasteiger partial charge in [-0.3, -0.25) is 4.79 Å². The lowest BCUT2D eigenvalue weighted by Crippen LogP contribution is -2.67. The zero-order valence-corrected chi connectivity index (χ0v) is 13.7. The molecular formula is C17H23NO4. The molecule has 1 aromatic carbocycles. The van der Waals surface area contributed by atoms with Gasteiger partial charge in [-0.25, -0.2) is 4.79 Å². The topological polar surface area (TPSA) is 64.6 Å². The van der Waals surface area contributed by atoms with E-state index in [-0.39, 0.29) is 18.1 Å². The first-order valence-electron chi connectivity index (χ1n) is 7.47. The second kappa shape index (κ2) is 5.63. The number of rotatable bonds is 4. The Bertz CT molecular complexity index is 573. The largest absolute Gasteiger partial charge is 0.470 e. The molecule has 1 aliphatic heterocycles. The molecule has 5 nitrogen and oxygen atoms in total. The molecule has 0 radical (unpaired) electrons. The van der Waals surface area contributed by atoms with E-state index >= 15 is 0 Å². The number of hydrogen-bond acceptors (Lipinski definition) is 4. The van der Waals surface area contributed by atoms with Crippen molar-refractivity contribution < 1.29 is 19.1 Å². The highest BCUT2D eigenvalue weighted by atomic mass is 16.6. The highest BCUT2D eigenvalue weighted by Crippen LogP contribution is 2.35. The summed E-state index contributed by atoms with van der Waals surface area (Å²) in [5.41, 5.74) is -0.548. The molecule has 1 saturated heterocycles. The van der Waals surface area contributed by atoms with Gasteiger partial charge in [-0.1, -0.05) is 6.92 Å². The Hall–Kier alpha value is -2.04. The van der Waals surface area contributed by atoms with E-state index in [9.17, 15) is 9.59 Å². The van der Waals surface area contributed by atoms with Crippen molar-refractivity contribution in [2.24, 2.45) is 5.41 Å². The van der Waals surface area contributed by atoms with Gasteiger partial charge < -0.3 is 14.8 Å². The molecule has 22 heavy (non-hydrogen) atoms. The fourth-order valence-electron chi connectivity index (χ4n) is 2.13. The highest BCUT2D eigenvalue weighted by molar-refractivity contribution is 5.90. The molecule has 0 spiro atoms. The standard InChI is InChI=1S/C17H23NO4/c1-6-17(5)14(20)18-15(17)21-12-9-7-11(8-10-12)13(19)22-16(2,3)4/h7-10,15H,6H2,1-5H3,(H,18,20)/t15-,17-/m0/s1. The molecule has 2 rings (SSSR count). The zero-order valence-electron chi connectivity index (χ0n) is 13.7. The van der Waals surface area contributed by atoms with Crippen molar-refractivity contribution in [1.82, 2.24) is 5.32 Å². The quantitative estimate of drug-likeness (QED) is 0.686. The van der Waals surface area contributed by atoms with Crippen molar-refractivity contribution in [3.05, 3.63) is 29.8 Å². The minimum absolute atomic E-state index is 0.00498. The number of carbonyl (C=O) groups is 2. The fraction of sp³-hybridized carbons (Fsp3) is 0.529. The lowest BCUT2D eigenvalue weighted by atomic mass is 9.78. The third kappa shape index (κ3) is 3.24. The summed E-state index contributed by atoms with van der Waals surface area (Å²) in [6, 6.07) is 6.74. The van der Waals surface area contributed by atoms with E-state index in [1.54, 1.807) is 24.3 Å². The Kier molecular flexibility index (Phi) is 4.18. The SMILES string of the molecule is CC[C@@]1(C)C(=O)N[C@H]1Oc1ccc(C(=O)OC(C)(C)C)cc1. The van der Waals surface area contributed by atoms with Gasteiger partial charge in [0.25, 0.3) is 0 Å². The van der Waals surface area contributed by atoms with Crippen LogP contribution in [-0.2, 0) is 9.53 Å². The maximum Gasteiger partial charge on any atom is 0.338 e. The second-order valence-corrected chi connectivity index (χ2v) is 6.77. The van der Waals surface area contributed by atoms with Gasteiger partial charge in [0.1, 0.15) is 16.8 Å². The van der Waals surface area contributed by atoms with Crippen molar-refractivity contribution in [3.8, 4) is 5.75 Å². The number of esters is 1. The van der Waals surface area contributed by atoms with Crippen LogP contribution in [0, 0.1) is 5.41 Å². The molecule has 0 aromatic heterocycles. The van der Waals surface area contributed by atoms with E-state index in [2.05, 4.69) is 5.32 Å². The van der Waals surface area contributed by atoms with Crippen molar-refractivity contribution >= 4 is 11.9 Å². The Morgan fingerprint density at radius 1 is 1.27 bits per heavy atom. The van der Waals surface area contributed by atoms with Gasteiger partial charge in [-0.15, -0.1) is 0 Å². The van der Waals surface area contributed by atoms with E-state index in [1.165, 1.54) is 0 Å². The molecule has 0 saturated carbocycles. The number of hydrogen-bond donors (Lipinski definition) is 1. The molecule has 2 atom stereocenters. The Labute approximate surface area is 131 Å². The summed E-state index contributed by atoms with van der Waals surface area (Å²) in [5.74, 6) is 0.247. The van der Waals surface area contributed by atoms with Crippen molar-refractivity contribution in [2.75, 3.05) is 0 Å². The van der Waals surface area contributed by atoms with E-state index < -0.39 is 11.0 Å². The van der Waals surface area contributed by atoms with Crippen LogP contribution in [0.2, 0.25) is 0 Å². The van der Waals surface area contributed by atoms with E-state index in [0.717, 1.165) is 0 Å². The van der Waals surface area contributed by atoms with Crippen LogP contribution >= 0.6 is 0 Å². The summed E-state index contributed by atoms with van der Waals surface area (Å²) in [6.45, 7) is 9.32. The van der Waals surface area contributed by atoms with Crippen LogP contribution < -0.4 is 10.1 Å². The van der Waals surface area contributed by atoms with Crippen LogP contribution in [0.5, 0.6) is 5.75 Å². The second-order valence-electron chi connectivity index (χ2n) is 6.77. The lowest BCUT2D eigenvalue weighted by Gasteiger charge is -2.44. The molecule has 0 bridgehead atoms. The normalized spacial score (nSPS) is 24.2. The highest BCUT2D eigenvalue weighted by Gasteiger charge is 2.51. The molecular weight excluding hydrogens is 282 g/mol. The first kappa shape index (κ1) is 16.3. The van der Waals surface area contributed by atoms with E-state index in [1.807, 2.05) is 34.6 Å². The van der Waals surface area contributed by atoms with E-state index in [4.69, 9.17) is 9.47 Å². The molecule has 1 heterocycles. The van der Waals surface area contributed by atoms with Gasteiger partial charge in [0.15, 0.2) is 6.23 Å². The van der Waals surface area contributed by atoms with Crippen LogP contribution in [0.4, 0.5) is 0 Å². The summed E-state index contributed by atoms with van der Waals surface area (Å²) in [4.78, 5) is 23.5. The maximum absolute atomic E-state index is 11.9. The molecule has 1 fully saturated rings. The number of β-lactam (4-membered cyclic amide) rings is 1. The number of carbonyl (C=O) groups excluding carboxylic acids is 2. The van der Waals surface area contributed by atoms with Gasteiger partial charge in [-0.05, 0) is 58.4 Å². The smallest absolute Gasteiger partial charge is 0.338 e. The Morgan fingerprint density at radius 3 is 2.32 bits per heavy atom. The first-order valence-corrected chi connectivity index (χ1v) is 7.47. The molecule has 120 valence electrons. The first-order chi connectivity index (χ1) is 10.2. The number of nitrogens with one attached hydrogen (secondary N) is 1. The molecule has 1 N–H and O–H groups in total. The fourth-order valence-corrected chi connectivity index (χ4v) is 2.13. The van der Waals surface area contributed by atoms with Crippen molar-refractivity contribution in [2.45, 2.75) is 52.9 Å². The Morgan fingerprint density at radius 2 is 1.86 bits per heavy atom. The summed E-state index contributed by atoms with van der Waals surface area (Å²) >= 11 is 0. The van der Waals surface area contributed by atoms with Crippen LogP contribution in [0.1, 0.15) is 51.4 Å². The molecule has 1 aromatic rings. The Balaban J connectivity index is 2.01. The van der Waals surface area contributed by atoms with Crippen LogP contribution in [0.3, 0.4) is 0 Å². The molecule has 1 amide bonds. The lowest BCUT2D eigenvalue weighted by molar-refractivity contribution is -0.158. The molecule has 0 unspecified atom stereocenters. The van der Waals surface area contributed by atoms with Crippen LogP contribution in [0.15, 0.2) is 24.3 Å². The maximum atomic E-state index is 11.9.